The van der Waals surface area contributed by atoms with Crippen LogP contribution in [0.4, 0.5) is 0 Å². The zero-order valence-corrected chi connectivity index (χ0v) is 39.5. The van der Waals surface area contributed by atoms with E-state index in [1.54, 1.807) is 0 Å². The van der Waals surface area contributed by atoms with Gasteiger partial charge in [0, 0.05) is 33.4 Å². The molecule has 2 aromatic heterocycles. The first-order chi connectivity index (χ1) is 34.5. The molecule has 2 heterocycles. The van der Waals surface area contributed by atoms with E-state index in [4.69, 9.17) is 29.9 Å². The second kappa shape index (κ2) is 18.7. The highest BCUT2D eigenvalue weighted by molar-refractivity contribution is 5.75. The van der Waals surface area contributed by atoms with E-state index in [2.05, 4.69) is 98.8 Å². The van der Waals surface area contributed by atoms with E-state index in [-0.39, 0.29) is 0 Å². The zero-order valence-electron chi connectivity index (χ0n) is 39.5. The van der Waals surface area contributed by atoms with Gasteiger partial charge in [-0.15, -0.1) is 0 Å². The highest BCUT2D eigenvalue weighted by atomic mass is 15.0. The summed E-state index contributed by atoms with van der Waals surface area (Å²) in [5.74, 6) is 6.69. The lowest BCUT2D eigenvalue weighted by molar-refractivity contribution is 0.312. The molecule has 70 heavy (non-hydrogen) atoms. The van der Waals surface area contributed by atoms with Crippen molar-refractivity contribution in [3.63, 3.8) is 0 Å². The quantitative estimate of drug-likeness (QED) is 0.136. The van der Waals surface area contributed by atoms with E-state index < -0.39 is 0 Å². The van der Waals surface area contributed by atoms with Crippen molar-refractivity contribution in [3.05, 3.63) is 229 Å². The lowest BCUT2D eigenvalue weighted by Crippen LogP contribution is -2.16. The van der Waals surface area contributed by atoms with Crippen LogP contribution >= 0.6 is 0 Å². The van der Waals surface area contributed by atoms with Crippen molar-refractivity contribution in [1.29, 1.82) is 0 Å². The van der Waals surface area contributed by atoms with Crippen molar-refractivity contribution in [2.24, 2.45) is 11.8 Å². The SMILES string of the molecule is Cc1cc(-c2nc(-c3ccccc3)nc(-c3ccccc3)n2)ccc1-c1ccc(C2CC3CC(C2)C(c2ccc(-c4ccc(-c5nc(-c6ccccc6)nc(-c6ccccc6)n5)cc4C)cc2)C3)cc1. The average Bonchev–Trinajstić information content (AvgIpc) is 3.73. The molecule has 0 saturated heterocycles. The molecular weight excluding hydrogens is 853 g/mol. The minimum Gasteiger partial charge on any atom is -0.208 e. The van der Waals surface area contributed by atoms with Crippen molar-refractivity contribution in [2.45, 2.75) is 51.4 Å². The van der Waals surface area contributed by atoms with Gasteiger partial charge in [-0.25, -0.2) is 29.9 Å². The smallest absolute Gasteiger partial charge is 0.164 e. The number of aromatic nitrogens is 6. The van der Waals surface area contributed by atoms with E-state index in [1.807, 2.05) is 121 Å². The van der Waals surface area contributed by atoms with E-state index in [0.717, 1.165) is 39.3 Å². The largest absolute Gasteiger partial charge is 0.208 e. The zero-order chi connectivity index (χ0) is 47.0. The summed E-state index contributed by atoms with van der Waals surface area (Å²) < 4.78 is 0. The Hall–Kier alpha value is -8.22. The fourth-order valence-corrected chi connectivity index (χ4v) is 11.2. The van der Waals surface area contributed by atoms with E-state index in [1.165, 1.54) is 70.2 Å². The monoisotopic (exact) mass is 904 g/mol. The minimum absolute atomic E-state index is 0.588. The molecule has 8 aromatic carbocycles. The Morgan fingerprint density at radius 2 is 0.643 bits per heavy atom. The molecule has 10 aromatic rings. The first kappa shape index (κ1) is 43.1. The maximum absolute atomic E-state index is 4.97. The molecule has 0 aliphatic heterocycles. The molecule has 4 unspecified atom stereocenters. The van der Waals surface area contributed by atoms with Crippen molar-refractivity contribution >= 4 is 0 Å². The first-order valence-electron chi connectivity index (χ1n) is 24.6. The summed E-state index contributed by atoms with van der Waals surface area (Å²) >= 11 is 0. The van der Waals surface area contributed by atoms with Gasteiger partial charge in [-0.05, 0) is 120 Å². The summed E-state index contributed by atoms with van der Waals surface area (Å²) in [5, 5.41) is 0. The lowest BCUT2D eigenvalue weighted by atomic mass is 9.75. The third-order valence-corrected chi connectivity index (χ3v) is 14.7. The normalized spacial score (nSPS) is 17.3. The van der Waals surface area contributed by atoms with Crippen LogP contribution in [0.2, 0.25) is 0 Å². The Morgan fingerprint density at radius 3 is 1.01 bits per heavy atom. The molecule has 2 aliphatic carbocycles. The van der Waals surface area contributed by atoms with Gasteiger partial charge in [-0.3, -0.25) is 0 Å². The van der Waals surface area contributed by atoms with Crippen molar-refractivity contribution < 1.29 is 0 Å². The van der Waals surface area contributed by atoms with Crippen LogP contribution in [0, 0.1) is 25.7 Å². The topological polar surface area (TPSA) is 77.3 Å². The number of benzene rings is 8. The van der Waals surface area contributed by atoms with Crippen LogP contribution in [-0.2, 0) is 0 Å². The Labute approximate surface area is 410 Å². The third-order valence-electron chi connectivity index (χ3n) is 14.7. The molecule has 0 amide bonds. The van der Waals surface area contributed by atoms with Gasteiger partial charge < -0.3 is 0 Å². The van der Waals surface area contributed by atoms with E-state index >= 15 is 0 Å². The molecule has 2 saturated carbocycles. The van der Waals surface area contributed by atoms with Crippen LogP contribution in [0.3, 0.4) is 0 Å². The molecule has 6 nitrogen and oxygen atoms in total. The van der Waals surface area contributed by atoms with Crippen molar-refractivity contribution in [2.75, 3.05) is 0 Å². The number of nitrogens with zero attached hydrogens (tertiary/aromatic N) is 6. The minimum atomic E-state index is 0.588. The van der Waals surface area contributed by atoms with E-state index in [9.17, 15) is 0 Å². The molecule has 0 spiro atoms. The van der Waals surface area contributed by atoms with Gasteiger partial charge in [-0.1, -0.05) is 194 Å². The number of aryl methyl sites for hydroxylation is 2. The summed E-state index contributed by atoms with van der Waals surface area (Å²) in [4.78, 5) is 29.6. The number of rotatable bonds is 10. The van der Waals surface area contributed by atoms with Crippen LogP contribution in [0.15, 0.2) is 206 Å². The molecule has 0 radical (unpaired) electrons. The summed E-state index contributed by atoms with van der Waals surface area (Å²) in [6.07, 6.45) is 5.13. The average molecular weight is 905 g/mol. The van der Waals surface area contributed by atoms with Crippen LogP contribution in [0.5, 0.6) is 0 Å². The summed E-state index contributed by atoms with van der Waals surface area (Å²) in [6, 6.07) is 72.7. The maximum Gasteiger partial charge on any atom is 0.164 e. The number of hydrogen-bond donors (Lipinski definition) is 0. The second-order valence-electron chi connectivity index (χ2n) is 19.3. The molecule has 4 atom stereocenters. The number of fused-ring (bicyclic) bond motifs is 2. The second-order valence-corrected chi connectivity index (χ2v) is 19.3. The molecule has 0 N–H and O–H groups in total. The van der Waals surface area contributed by atoms with Crippen molar-refractivity contribution in [3.8, 4) is 90.6 Å². The predicted octanol–water partition coefficient (Wildman–Crippen LogP) is 15.7. The van der Waals surface area contributed by atoms with Gasteiger partial charge in [0.05, 0.1) is 0 Å². The molecule has 338 valence electrons. The molecular formula is C64H52N6. The lowest BCUT2D eigenvalue weighted by Gasteiger charge is -2.29. The molecule has 2 aliphatic rings. The third kappa shape index (κ3) is 8.73. The van der Waals surface area contributed by atoms with Gasteiger partial charge in [0.15, 0.2) is 34.9 Å². The number of hydrogen-bond acceptors (Lipinski definition) is 6. The van der Waals surface area contributed by atoms with Gasteiger partial charge >= 0.3 is 0 Å². The van der Waals surface area contributed by atoms with Gasteiger partial charge in [0.25, 0.3) is 0 Å². The van der Waals surface area contributed by atoms with E-state index in [0.29, 0.717) is 52.7 Å². The van der Waals surface area contributed by atoms with Gasteiger partial charge in [0.1, 0.15) is 0 Å². The molecule has 12 rings (SSSR count). The molecule has 6 heteroatoms. The van der Waals surface area contributed by atoms with Crippen molar-refractivity contribution in [1.82, 2.24) is 29.9 Å². The highest BCUT2D eigenvalue weighted by Gasteiger charge is 2.41. The van der Waals surface area contributed by atoms with Crippen LogP contribution in [-0.4, -0.2) is 29.9 Å². The van der Waals surface area contributed by atoms with Crippen LogP contribution < -0.4 is 0 Å². The Bertz CT molecular complexity index is 3330. The predicted molar refractivity (Wildman–Crippen MR) is 284 cm³/mol. The standard InChI is InChI=1S/C64H52N6/c1-41-35-52(63-67-59(48-15-7-3-8-16-48)65-60(68-63)49-17-9-4-10-18-49)31-33-56(41)45-25-23-44(24-26-45)54-37-43-38-55(40-54)58(39-43)47-29-27-46(28-30-47)57-34-32-53(36-42(57)2)64-69-61(50-19-11-5-12-20-50)66-62(70-64)51-21-13-6-14-22-51/h3-36,43,54-55,58H,37-40H2,1-2H3. The highest BCUT2D eigenvalue weighted by Crippen LogP contribution is 2.55. The summed E-state index contributed by atoms with van der Waals surface area (Å²) in [7, 11) is 0. The Morgan fingerprint density at radius 1 is 0.300 bits per heavy atom. The van der Waals surface area contributed by atoms with Crippen LogP contribution in [0.1, 0.15) is 59.8 Å². The van der Waals surface area contributed by atoms with Crippen LogP contribution in [0.25, 0.3) is 90.6 Å². The fourth-order valence-electron chi connectivity index (χ4n) is 11.2. The molecule has 2 fully saturated rings. The first-order valence-corrected chi connectivity index (χ1v) is 24.6. The molecule has 2 bridgehead atoms. The van der Waals surface area contributed by atoms with Gasteiger partial charge in [-0.2, -0.15) is 0 Å². The fraction of sp³-hybridized carbons (Fsp3) is 0.156. The Balaban J connectivity index is 0.735. The Kier molecular flexibility index (Phi) is 11.5. The summed E-state index contributed by atoms with van der Waals surface area (Å²) in [6.45, 7) is 4.38. The summed E-state index contributed by atoms with van der Waals surface area (Å²) in [5.41, 5.74) is 16.1. The maximum atomic E-state index is 4.97. The van der Waals surface area contributed by atoms with Gasteiger partial charge in [0.2, 0.25) is 0 Å².